The fraction of sp³-hybridized carbons (Fsp3) is 0.211. The molecular formula is C19H19N3O4. The largest absolute Gasteiger partial charge is 0.491 e. The molecule has 0 saturated carbocycles. The molecule has 2 amide bonds. The molecule has 1 aliphatic heterocycles. The van der Waals surface area contributed by atoms with Crippen molar-refractivity contribution in [3.63, 3.8) is 0 Å². The van der Waals surface area contributed by atoms with E-state index in [-0.39, 0.29) is 24.5 Å². The standard InChI is InChI=1S/C19H19N3O4/c1-12(2)26-14-5-3-4-13(10-14)6-9-17(23)20-16-8-7-15-19(21-16)22-18(24)11-25-15/h3-10,12H,11H2,1-2H3,(H2,20,21,22,23,24)/b9-6+. The molecule has 134 valence electrons. The maximum absolute atomic E-state index is 12.1. The molecule has 0 saturated heterocycles. The highest BCUT2D eigenvalue weighted by Gasteiger charge is 2.17. The molecule has 1 aromatic heterocycles. The van der Waals surface area contributed by atoms with E-state index in [1.54, 1.807) is 18.2 Å². The quantitative estimate of drug-likeness (QED) is 0.807. The molecule has 2 aromatic rings. The monoisotopic (exact) mass is 353 g/mol. The van der Waals surface area contributed by atoms with Crippen molar-refractivity contribution in [2.75, 3.05) is 17.2 Å². The van der Waals surface area contributed by atoms with Crippen LogP contribution in [0.2, 0.25) is 0 Å². The third kappa shape index (κ3) is 4.60. The van der Waals surface area contributed by atoms with Crippen molar-refractivity contribution >= 4 is 29.5 Å². The van der Waals surface area contributed by atoms with E-state index < -0.39 is 0 Å². The summed E-state index contributed by atoms with van der Waals surface area (Å²) in [5.74, 6) is 1.21. The number of carbonyl (C=O) groups is 2. The van der Waals surface area contributed by atoms with Crippen molar-refractivity contribution in [1.82, 2.24) is 4.98 Å². The fourth-order valence-corrected chi connectivity index (χ4v) is 2.34. The van der Waals surface area contributed by atoms with E-state index in [0.29, 0.717) is 17.4 Å². The van der Waals surface area contributed by atoms with Crippen LogP contribution in [0, 0.1) is 0 Å². The number of nitrogens with zero attached hydrogens (tertiary/aromatic N) is 1. The maximum atomic E-state index is 12.1. The number of ether oxygens (including phenoxy) is 2. The second-order valence-electron chi connectivity index (χ2n) is 5.94. The predicted octanol–water partition coefficient (Wildman–Crippen LogP) is 2.85. The summed E-state index contributed by atoms with van der Waals surface area (Å²) >= 11 is 0. The Labute approximate surface area is 151 Å². The summed E-state index contributed by atoms with van der Waals surface area (Å²) in [5, 5.41) is 5.24. The first kappa shape index (κ1) is 17.5. The van der Waals surface area contributed by atoms with Crippen LogP contribution in [0.25, 0.3) is 6.08 Å². The number of pyridine rings is 1. The van der Waals surface area contributed by atoms with Gasteiger partial charge in [0.2, 0.25) is 5.91 Å². The zero-order valence-corrected chi connectivity index (χ0v) is 14.5. The zero-order chi connectivity index (χ0) is 18.5. The van der Waals surface area contributed by atoms with Crippen LogP contribution in [0.3, 0.4) is 0 Å². The van der Waals surface area contributed by atoms with Crippen LogP contribution >= 0.6 is 0 Å². The van der Waals surface area contributed by atoms with Gasteiger partial charge in [0.15, 0.2) is 18.2 Å². The van der Waals surface area contributed by atoms with Gasteiger partial charge in [0.1, 0.15) is 11.6 Å². The zero-order valence-electron chi connectivity index (χ0n) is 14.5. The number of hydrogen-bond acceptors (Lipinski definition) is 5. The van der Waals surface area contributed by atoms with Gasteiger partial charge in [-0.3, -0.25) is 9.59 Å². The summed E-state index contributed by atoms with van der Waals surface area (Å²) in [5.41, 5.74) is 0.845. The lowest BCUT2D eigenvalue weighted by molar-refractivity contribution is -0.118. The SMILES string of the molecule is CC(C)Oc1cccc(/C=C/C(=O)Nc2ccc3c(n2)NC(=O)CO3)c1. The summed E-state index contributed by atoms with van der Waals surface area (Å²) in [6.45, 7) is 3.87. The third-order valence-corrected chi connectivity index (χ3v) is 3.38. The fourth-order valence-electron chi connectivity index (χ4n) is 2.34. The second kappa shape index (κ2) is 7.69. The van der Waals surface area contributed by atoms with Crippen LogP contribution in [0.4, 0.5) is 11.6 Å². The molecular weight excluding hydrogens is 334 g/mol. The summed E-state index contributed by atoms with van der Waals surface area (Å²) in [7, 11) is 0. The molecule has 0 unspecified atom stereocenters. The number of carbonyl (C=O) groups excluding carboxylic acids is 2. The van der Waals surface area contributed by atoms with Gasteiger partial charge in [0, 0.05) is 6.08 Å². The Bertz CT molecular complexity index is 862. The summed E-state index contributed by atoms with van der Waals surface area (Å²) in [6, 6.07) is 10.7. The topological polar surface area (TPSA) is 89.5 Å². The van der Waals surface area contributed by atoms with E-state index in [2.05, 4.69) is 15.6 Å². The van der Waals surface area contributed by atoms with Gasteiger partial charge >= 0.3 is 0 Å². The first-order chi connectivity index (χ1) is 12.5. The highest BCUT2D eigenvalue weighted by Crippen LogP contribution is 2.26. The van der Waals surface area contributed by atoms with Crippen LogP contribution in [-0.4, -0.2) is 29.5 Å². The molecule has 2 N–H and O–H groups in total. The van der Waals surface area contributed by atoms with Crippen molar-refractivity contribution in [3.05, 3.63) is 48.0 Å². The van der Waals surface area contributed by atoms with E-state index >= 15 is 0 Å². The lowest BCUT2D eigenvalue weighted by Gasteiger charge is -2.17. The minimum Gasteiger partial charge on any atom is -0.491 e. The van der Waals surface area contributed by atoms with Crippen LogP contribution in [0.5, 0.6) is 11.5 Å². The van der Waals surface area contributed by atoms with Gasteiger partial charge < -0.3 is 20.1 Å². The summed E-state index contributed by atoms with van der Waals surface area (Å²) in [4.78, 5) is 27.6. The van der Waals surface area contributed by atoms with Gasteiger partial charge in [0.05, 0.1) is 6.10 Å². The van der Waals surface area contributed by atoms with Crippen molar-refractivity contribution < 1.29 is 19.1 Å². The molecule has 1 aliphatic rings. The highest BCUT2D eigenvalue weighted by molar-refractivity contribution is 6.02. The van der Waals surface area contributed by atoms with Gasteiger partial charge in [-0.2, -0.15) is 0 Å². The Balaban J connectivity index is 1.65. The third-order valence-electron chi connectivity index (χ3n) is 3.38. The number of anilines is 2. The van der Waals surface area contributed by atoms with Gasteiger partial charge in [-0.1, -0.05) is 12.1 Å². The van der Waals surface area contributed by atoms with Crippen LogP contribution < -0.4 is 20.1 Å². The number of benzene rings is 1. The van der Waals surface area contributed by atoms with Crippen LogP contribution in [-0.2, 0) is 9.59 Å². The lowest BCUT2D eigenvalue weighted by atomic mass is 10.2. The maximum Gasteiger partial charge on any atom is 0.263 e. The highest BCUT2D eigenvalue weighted by atomic mass is 16.5. The van der Waals surface area contributed by atoms with Crippen molar-refractivity contribution in [3.8, 4) is 11.5 Å². The number of amides is 2. The van der Waals surface area contributed by atoms with Crippen LogP contribution in [0.15, 0.2) is 42.5 Å². The normalized spacial score (nSPS) is 13.1. The first-order valence-corrected chi connectivity index (χ1v) is 8.19. The number of nitrogens with one attached hydrogen (secondary N) is 2. The van der Waals surface area contributed by atoms with E-state index in [9.17, 15) is 9.59 Å². The number of hydrogen-bond donors (Lipinski definition) is 2. The van der Waals surface area contributed by atoms with Crippen molar-refractivity contribution in [2.45, 2.75) is 20.0 Å². The van der Waals surface area contributed by atoms with E-state index in [1.807, 2.05) is 38.1 Å². The lowest BCUT2D eigenvalue weighted by Crippen LogP contribution is -2.26. The van der Waals surface area contributed by atoms with Crippen molar-refractivity contribution in [2.24, 2.45) is 0 Å². The Morgan fingerprint density at radius 2 is 2.19 bits per heavy atom. The molecule has 7 nitrogen and oxygen atoms in total. The Kier molecular flexibility index (Phi) is 5.17. The molecule has 2 heterocycles. The van der Waals surface area contributed by atoms with E-state index in [1.165, 1.54) is 6.08 Å². The van der Waals surface area contributed by atoms with Gasteiger partial charge in [-0.05, 0) is 49.8 Å². The number of rotatable bonds is 5. The van der Waals surface area contributed by atoms with Crippen LogP contribution in [0.1, 0.15) is 19.4 Å². The molecule has 7 heteroatoms. The minimum atomic E-state index is -0.337. The van der Waals surface area contributed by atoms with Gasteiger partial charge in [0.25, 0.3) is 5.91 Å². The Hall–Kier alpha value is -3.35. The molecule has 0 aliphatic carbocycles. The Morgan fingerprint density at radius 3 is 3.00 bits per heavy atom. The Morgan fingerprint density at radius 1 is 1.35 bits per heavy atom. The number of aromatic nitrogens is 1. The predicted molar refractivity (Wildman–Crippen MR) is 98.2 cm³/mol. The average molecular weight is 353 g/mol. The molecule has 0 atom stereocenters. The van der Waals surface area contributed by atoms with Gasteiger partial charge in [-0.25, -0.2) is 4.98 Å². The van der Waals surface area contributed by atoms with E-state index in [0.717, 1.165) is 11.3 Å². The molecule has 0 fully saturated rings. The molecule has 0 bridgehead atoms. The molecule has 26 heavy (non-hydrogen) atoms. The molecule has 0 radical (unpaired) electrons. The minimum absolute atomic E-state index is 0.0390. The van der Waals surface area contributed by atoms with Crippen molar-refractivity contribution in [1.29, 1.82) is 0 Å². The first-order valence-electron chi connectivity index (χ1n) is 8.19. The van der Waals surface area contributed by atoms with Gasteiger partial charge in [-0.15, -0.1) is 0 Å². The average Bonchev–Trinajstić information content (AvgIpc) is 2.59. The number of fused-ring (bicyclic) bond motifs is 1. The van der Waals surface area contributed by atoms with E-state index in [4.69, 9.17) is 9.47 Å². The smallest absolute Gasteiger partial charge is 0.263 e. The molecule has 3 rings (SSSR count). The summed E-state index contributed by atoms with van der Waals surface area (Å²) < 4.78 is 10.9. The molecule has 0 spiro atoms. The second-order valence-corrected chi connectivity index (χ2v) is 5.94. The molecule has 1 aromatic carbocycles. The summed E-state index contributed by atoms with van der Waals surface area (Å²) in [6.07, 6.45) is 3.17.